The second kappa shape index (κ2) is 5.73. The van der Waals surface area contributed by atoms with Gasteiger partial charge in [-0.25, -0.2) is 0 Å². The monoisotopic (exact) mass is 285 g/mol. The fraction of sp³-hybridized carbons (Fsp3) is 0.684. The Kier molecular flexibility index (Phi) is 3.76. The van der Waals surface area contributed by atoms with Crippen molar-refractivity contribution in [3.05, 3.63) is 35.4 Å². The number of hydrogen-bond donors (Lipinski definition) is 1. The van der Waals surface area contributed by atoms with Gasteiger partial charge in [-0.05, 0) is 67.9 Å². The zero-order valence-electron chi connectivity index (χ0n) is 13.1. The van der Waals surface area contributed by atoms with Gasteiger partial charge in [0.25, 0.3) is 0 Å². The largest absolute Gasteiger partial charge is 0.381 e. The molecule has 114 valence electrons. The van der Waals surface area contributed by atoms with E-state index in [1.807, 2.05) is 0 Å². The average molecular weight is 285 g/mol. The maximum Gasteiger partial charge on any atom is 0.0509 e. The van der Waals surface area contributed by atoms with Gasteiger partial charge in [0, 0.05) is 18.7 Å². The molecular formula is C19H27NO. The number of nitrogens with one attached hydrogen (secondary N) is 1. The Hall–Kier alpha value is -0.860. The molecule has 0 radical (unpaired) electrons. The van der Waals surface area contributed by atoms with Crippen molar-refractivity contribution in [2.24, 2.45) is 17.8 Å². The fourth-order valence-electron chi connectivity index (χ4n) is 4.81. The zero-order chi connectivity index (χ0) is 14.2. The minimum atomic E-state index is 0.599. The van der Waals surface area contributed by atoms with Gasteiger partial charge < -0.3 is 10.1 Å². The topological polar surface area (TPSA) is 21.3 Å². The van der Waals surface area contributed by atoms with Crippen LogP contribution in [0.5, 0.6) is 0 Å². The summed E-state index contributed by atoms with van der Waals surface area (Å²) in [6.45, 7) is 4.28. The summed E-state index contributed by atoms with van der Waals surface area (Å²) in [6.07, 6.45) is 6.60. The Labute approximate surface area is 128 Å². The molecule has 1 N–H and O–H groups in total. The van der Waals surface area contributed by atoms with Crippen LogP contribution in [0.1, 0.15) is 37.3 Å². The lowest BCUT2D eigenvalue weighted by Gasteiger charge is -2.30. The van der Waals surface area contributed by atoms with Gasteiger partial charge in [-0.15, -0.1) is 0 Å². The summed E-state index contributed by atoms with van der Waals surface area (Å²) in [5, 5.41) is 4.02. The van der Waals surface area contributed by atoms with Gasteiger partial charge >= 0.3 is 0 Å². The molecule has 0 amide bonds. The van der Waals surface area contributed by atoms with E-state index in [1.165, 1.54) is 32.1 Å². The molecule has 1 heterocycles. The van der Waals surface area contributed by atoms with Crippen molar-refractivity contribution in [3.63, 3.8) is 0 Å². The zero-order valence-corrected chi connectivity index (χ0v) is 13.1. The Morgan fingerprint density at radius 3 is 2.29 bits per heavy atom. The highest BCUT2D eigenvalue weighted by molar-refractivity contribution is 5.30. The first kappa shape index (κ1) is 13.8. The Morgan fingerprint density at radius 1 is 1.05 bits per heavy atom. The van der Waals surface area contributed by atoms with E-state index in [-0.39, 0.29) is 0 Å². The predicted octanol–water partition coefficient (Wildman–Crippen LogP) is 3.19. The average Bonchev–Trinajstić information content (AvgIpc) is 3.08. The van der Waals surface area contributed by atoms with Crippen LogP contribution < -0.4 is 5.32 Å². The minimum Gasteiger partial charge on any atom is -0.381 e. The van der Waals surface area contributed by atoms with Crippen LogP contribution in [0.4, 0.5) is 0 Å². The molecule has 21 heavy (non-hydrogen) atoms. The van der Waals surface area contributed by atoms with E-state index in [2.05, 4.69) is 36.5 Å². The number of fused-ring (bicyclic) bond motifs is 3. The molecule has 2 heteroatoms. The third kappa shape index (κ3) is 2.64. The summed E-state index contributed by atoms with van der Waals surface area (Å²) in [5.74, 6) is 2.39. The van der Waals surface area contributed by atoms with Gasteiger partial charge in [-0.3, -0.25) is 0 Å². The van der Waals surface area contributed by atoms with E-state index in [4.69, 9.17) is 4.74 Å². The van der Waals surface area contributed by atoms with E-state index in [1.54, 1.807) is 11.1 Å². The molecule has 2 bridgehead atoms. The number of hydrogen-bond acceptors (Lipinski definition) is 2. The van der Waals surface area contributed by atoms with Crippen LogP contribution in [0.3, 0.4) is 0 Å². The normalized spacial score (nSPS) is 36.2. The van der Waals surface area contributed by atoms with E-state index < -0.39 is 0 Å². The molecule has 4 atom stereocenters. The van der Waals surface area contributed by atoms with Crippen LogP contribution in [-0.2, 0) is 17.6 Å². The first-order chi connectivity index (χ1) is 10.3. The molecule has 2 aliphatic carbocycles. The van der Waals surface area contributed by atoms with Crippen LogP contribution in [-0.4, -0.2) is 25.3 Å². The maximum absolute atomic E-state index is 5.57. The highest BCUT2D eigenvalue weighted by Crippen LogP contribution is 2.40. The number of rotatable bonds is 3. The minimum absolute atomic E-state index is 0.599. The van der Waals surface area contributed by atoms with E-state index in [9.17, 15) is 0 Å². The molecule has 4 rings (SSSR count). The third-order valence-corrected chi connectivity index (χ3v) is 6.13. The van der Waals surface area contributed by atoms with Gasteiger partial charge in [0.1, 0.15) is 0 Å². The maximum atomic E-state index is 5.57. The molecule has 1 aromatic rings. The molecule has 0 spiro atoms. The first-order valence-corrected chi connectivity index (χ1v) is 8.72. The van der Waals surface area contributed by atoms with Crippen LogP contribution in [0.25, 0.3) is 0 Å². The fourth-order valence-corrected chi connectivity index (χ4v) is 4.81. The second-order valence-corrected chi connectivity index (χ2v) is 7.38. The van der Waals surface area contributed by atoms with Crippen LogP contribution in [0.15, 0.2) is 24.3 Å². The lowest BCUT2D eigenvalue weighted by Crippen LogP contribution is -2.46. The smallest absolute Gasteiger partial charge is 0.0509 e. The van der Waals surface area contributed by atoms with Gasteiger partial charge in [-0.1, -0.05) is 24.3 Å². The molecule has 1 aliphatic heterocycles. The second-order valence-electron chi connectivity index (χ2n) is 7.38. The van der Waals surface area contributed by atoms with Gasteiger partial charge in [-0.2, -0.15) is 0 Å². The third-order valence-electron chi connectivity index (χ3n) is 6.13. The molecular weight excluding hydrogens is 258 g/mol. The lowest BCUT2D eigenvalue weighted by molar-refractivity contribution is 0.172. The highest BCUT2D eigenvalue weighted by atomic mass is 16.5. The van der Waals surface area contributed by atoms with Crippen LogP contribution >= 0.6 is 0 Å². The number of ether oxygens (including phenoxy) is 1. The number of benzene rings is 1. The first-order valence-electron chi connectivity index (χ1n) is 8.72. The summed E-state index contributed by atoms with van der Waals surface area (Å²) in [5.41, 5.74) is 3.21. The molecule has 3 aliphatic rings. The van der Waals surface area contributed by atoms with E-state index >= 15 is 0 Å². The summed E-state index contributed by atoms with van der Waals surface area (Å²) >= 11 is 0. The Bertz CT molecular complexity index is 461. The van der Waals surface area contributed by atoms with Crippen molar-refractivity contribution in [1.29, 1.82) is 0 Å². The van der Waals surface area contributed by atoms with E-state index in [0.717, 1.165) is 31.0 Å². The van der Waals surface area contributed by atoms with Gasteiger partial charge in [0.05, 0.1) is 6.61 Å². The predicted molar refractivity (Wildman–Crippen MR) is 85.4 cm³/mol. The van der Waals surface area contributed by atoms with Gasteiger partial charge in [0.15, 0.2) is 0 Å². The Morgan fingerprint density at radius 2 is 1.71 bits per heavy atom. The molecule has 0 aromatic heterocycles. The van der Waals surface area contributed by atoms with Gasteiger partial charge in [0.2, 0.25) is 0 Å². The molecule has 2 nitrogen and oxygen atoms in total. The van der Waals surface area contributed by atoms with Crippen molar-refractivity contribution in [3.8, 4) is 0 Å². The SMILES string of the molecule is CC(NC1C2CCC1Cc1ccccc1C2)C1CCOC1. The summed E-state index contributed by atoms with van der Waals surface area (Å²) in [4.78, 5) is 0. The molecule has 1 saturated heterocycles. The lowest BCUT2D eigenvalue weighted by atomic mass is 9.92. The summed E-state index contributed by atoms with van der Waals surface area (Å²) in [6, 6.07) is 10.4. The summed E-state index contributed by atoms with van der Waals surface area (Å²) < 4.78 is 5.57. The highest BCUT2D eigenvalue weighted by Gasteiger charge is 2.40. The van der Waals surface area contributed by atoms with Crippen LogP contribution in [0, 0.1) is 17.8 Å². The van der Waals surface area contributed by atoms with Crippen molar-refractivity contribution >= 4 is 0 Å². The quantitative estimate of drug-likeness (QED) is 0.921. The molecule has 4 unspecified atom stereocenters. The molecule has 2 fully saturated rings. The standard InChI is InChI=1S/C19H27NO/c1-13(18-8-9-21-12-18)20-19-16-6-7-17(19)11-15-5-3-2-4-14(15)10-16/h2-5,13,16-20H,6-12H2,1H3. The van der Waals surface area contributed by atoms with Crippen molar-refractivity contribution in [1.82, 2.24) is 5.32 Å². The Balaban J connectivity index is 1.49. The summed E-state index contributed by atoms with van der Waals surface area (Å²) in [7, 11) is 0. The van der Waals surface area contributed by atoms with Crippen LogP contribution in [0.2, 0.25) is 0 Å². The van der Waals surface area contributed by atoms with Crippen molar-refractivity contribution in [2.45, 2.75) is 51.1 Å². The van der Waals surface area contributed by atoms with Crippen molar-refractivity contribution < 1.29 is 4.74 Å². The van der Waals surface area contributed by atoms with Crippen molar-refractivity contribution in [2.75, 3.05) is 13.2 Å². The molecule has 1 aromatic carbocycles. The van der Waals surface area contributed by atoms with E-state index in [0.29, 0.717) is 12.1 Å². The molecule has 1 saturated carbocycles.